The Morgan fingerprint density at radius 2 is 1.74 bits per heavy atom. The lowest BCUT2D eigenvalue weighted by Gasteiger charge is -2.34. The molecule has 0 unspecified atom stereocenters. The van der Waals surface area contributed by atoms with Crippen LogP contribution in [0.15, 0.2) is 57.9 Å². The number of nitrogens with zero attached hydrogens (tertiary/aromatic N) is 4. The van der Waals surface area contributed by atoms with Crippen molar-refractivity contribution in [2.75, 3.05) is 32.7 Å². The van der Waals surface area contributed by atoms with E-state index in [1.54, 1.807) is 4.90 Å². The zero-order chi connectivity index (χ0) is 24.1. The number of carbonyl (C=O) groups excluding carboxylic acids is 1. The third-order valence-corrected chi connectivity index (χ3v) is 7.09. The number of hydrogen-bond acceptors (Lipinski definition) is 7. The van der Waals surface area contributed by atoms with Gasteiger partial charge in [0, 0.05) is 44.7 Å². The fraction of sp³-hybridized carbons (Fsp3) is 0.348. The summed E-state index contributed by atoms with van der Waals surface area (Å²) in [4.78, 5) is 20.8. The van der Waals surface area contributed by atoms with Crippen LogP contribution in [0.3, 0.4) is 0 Å². The molecule has 0 bridgehead atoms. The molecule has 4 rings (SSSR count). The first-order valence-corrected chi connectivity index (χ1v) is 12.4. The molecule has 0 saturated carbocycles. The van der Waals surface area contributed by atoms with Crippen LogP contribution < -0.4 is 4.72 Å². The maximum Gasteiger partial charge on any atom is 0.241 e. The molecule has 0 atom stereocenters. The zero-order valence-electron chi connectivity index (χ0n) is 18.8. The van der Waals surface area contributed by atoms with Gasteiger partial charge in [-0.25, -0.2) is 17.5 Å². The standard InChI is InChI=1S/C23H26FN5O4S/c1-17-2-4-18(5-3-17)23-26-21(33-27-23)16-28-12-14-29(15-13-28)22(30)10-11-25-34(31,32)20-8-6-19(24)7-9-20/h2-9,25H,10-16H2,1H3. The SMILES string of the molecule is Cc1ccc(-c2noc(CN3CCN(C(=O)CCNS(=O)(=O)c4ccc(F)cc4)CC3)n2)cc1. The summed E-state index contributed by atoms with van der Waals surface area (Å²) < 4.78 is 45.2. The molecule has 1 fully saturated rings. The van der Waals surface area contributed by atoms with Gasteiger partial charge in [0.05, 0.1) is 11.4 Å². The molecule has 3 aromatic rings. The van der Waals surface area contributed by atoms with E-state index < -0.39 is 15.8 Å². The van der Waals surface area contributed by atoms with E-state index in [1.807, 2.05) is 31.2 Å². The highest BCUT2D eigenvalue weighted by atomic mass is 32.2. The first-order chi connectivity index (χ1) is 16.3. The van der Waals surface area contributed by atoms with Gasteiger partial charge in [0.25, 0.3) is 0 Å². The highest BCUT2D eigenvalue weighted by Crippen LogP contribution is 2.17. The zero-order valence-corrected chi connectivity index (χ0v) is 19.6. The largest absolute Gasteiger partial charge is 0.340 e. The van der Waals surface area contributed by atoms with E-state index in [2.05, 4.69) is 19.8 Å². The number of carbonyl (C=O) groups is 1. The van der Waals surface area contributed by atoms with Gasteiger partial charge >= 0.3 is 0 Å². The minimum Gasteiger partial charge on any atom is -0.340 e. The molecule has 1 aromatic heterocycles. The number of hydrogen-bond donors (Lipinski definition) is 1. The number of piperazine rings is 1. The predicted octanol–water partition coefficient (Wildman–Crippen LogP) is 2.20. The van der Waals surface area contributed by atoms with Gasteiger partial charge < -0.3 is 9.42 Å². The summed E-state index contributed by atoms with van der Waals surface area (Å²) in [5.41, 5.74) is 2.05. The molecule has 1 amide bonds. The second kappa shape index (κ2) is 10.4. The maximum atomic E-state index is 13.0. The second-order valence-electron chi connectivity index (χ2n) is 8.14. The van der Waals surface area contributed by atoms with Gasteiger partial charge in [-0.15, -0.1) is 0 Å². The number of benzene rings is 2. The van der Waals surface area contributed by atoms with E-state index >= 15 is 0 Å². The third-order valence-electron chi connectivity index (χ3n) is 5.62. The summed E-state index contributed by atoms with van der Waals surface area (Å²) in [5.74, 6) is 0.428. The fourth-order valence-corrected chi connectivity index (χ4v) is 4.67. The van der Waals surface area contributed by atoms with Crippen LogP contribution in [-0.2, 0) is 21.4 Å². The van der Waals surface area contributed by atoms with Crippen molar-refractivity contribution in [2.45, 2.75) is 24.8 Å². The molecule has 1 aliphatic rings. The van der Waals surface area contributed by atoms with Gasteiger partial charge in [0.1, 0.15) is 5.82 Å². The Bertz CT molecular complexity index is 1220. The molecule has 34 heavy (non-hydrogen) atoms. The first kappa shape index (κ1) is 24.0. The van der Waals surface area contributed by atoms with Crippen molar-refractivity contribution >= 4 is 15.9 Å². The molecular formula is C23H26FN5O4S. The monoisotopic (exact) mass is 487 g/mol. The fourth-order valence-electron chi connectivity index (χ4n) is 3.63. The molecular weight excluding hydrogens is 461 g/mol. The number of sulfonamides is 1. The van der Waals surface area contributed by atoms with Crippen LogP contribution in [0.2, 0.25) is 0 Å². The Balaban J connectivity index is 1.21. The molecule has 2 heterocycles. The Morgan fingerprint density at radius 1 is 1.06 bits per heavy atom. The smallest absolute Gasteiger partial charge is 0.241 e. The Hall–Kier alpha value is -3.15. The van der Waals surface area contributed by atoms with Crippen LogP contribution in [0.4, 0.5) is 4.39 Å². The van der Waals surface area contributed by atoms with Gasteiger partial charge in [0.15, 0.2) is 0 Å². The maximum absolute atomic E-state index is 13.0. The first-order valence-electron chi connectivity index (χ1n) is 11.0. The number of amides is 1. The molecule has 9 nitrogen and oxygen atoms in total. The topological polar surface area (TPSA) is 109 Å². The third kappa shape index (κ3) is 6.04. The molecule has 180 valence electrons. The lowest BCUT2D eigenvalue weighted by Crippen LogP contribution is -2.48. The summed E-state index contributed by atoms with van der Waals surface area (Å²) in [6.45, 7) is 4.85. The van der Waals surface area contributed by atoms with Gasteiger partial charge in [-0.05, 0) is 31.2 Å². The van der Waals surface area contributed by atoms with E-state index in [0.717, 1.165) is 23.3 Å². The van der Waals surface area contributed by atoms with E-state index in [1.165, 1.54) is 12.1 Å². The highest BCUT2D eigenvalue weighted by Gasteiger charge is 2.23. The van der Waals surface area contributed by atoms with Crippen LogP contribution in [0.1, 0.15) is 17.9 Å². The summed E-state index contributed by atoms with van der Waals surface area (Å²) >= 11 is 0. The number of rotatable bonds is 8. The lowest BCUT2D eigenvalue weighted by molar-refractivity contribution is -0.132. The van der Waals surface area contributed by atoms with Crippen LogP contribution in [-0.4, -0.2) is 67.0 Å². The number of aryl methyl sites for hydroxylation is 1. The van der Waals surface area contributed by atoms with Crippen molar-refractivity contribution in [2.24, 2.45) is 0 Å². The van der Waals surface area contributed by atoms with Crippen molar-refractivity contribution < 1.29 is 22.1 Å². The number of halogens is 1. The summed E-state index contributed by atoms with van der Waals surface area (Å²) in [7, 11) is -3.79. The average Bonchev–Trinajstić information content (AvgIpc) is 3.28. The molecule has 11 heteroatoms. The lowest BCUT2D eigenvalue weighted by atomic mass is 10.1. The van der Waals surface area contributed by atoms with Gasteiger partial charge in [0.2, 0.25) is 27.6 Å². The van der Waals surface area contributed by atoms with Crippen LogP contribution in [0.5, 0.6) is 0 Å². The molecule has 1 saturated heterocycles. The highest BCUT2D eigenvalue weighted by molar-refractivity contribution is 7.89. The van der Waals surface area contributed by atoms with Gasteiger partial charge in [-0.1, -0.05) is 35.0 Å². The summed E-state index contributed by atoms with van der Waals surface area (Å²) in [6, 6.07) is 12.4. The Labute approximate surface area is 197 Å². The molecule has 2 aromatic carbocycles. The normalized spacial score (nSPS) is 14.9. The summed E-state index contributed by atoms with van der Waals surface area (Å²) in [6.07, 6.45) is 0.0456. The van der Waals surface area contributed by atoms with E-state index in [4.69, 9.17) is 4.52 Å². The van der Waals surface area contributed by atoms with Crippen LogP contribution in [0, 0.1) is 12.7 Å². The second-order valence-corrected chi connectivity index (χ2v) is 9.90. The Kier molecular flexibility index (Phi) is 7.35. The minimum absolute atomic E-state index is 0.0253. The molecule has 1 N–H and O–H groups in total. The molecule has 0 radical (unpaired) electrons. The van der Waals surface area contributed by atoms with Gasteiger partial charge in [-0.3, -0.25) is 9.69 Å². The van der Waals surface area contributed by atoms with Crippen LogP contribution in [0.25, 0.3) is 11.4 Å². The van der Waals surface area contributed by atoms with Crippen molar-refractivity contribution in [1.82, 2.24) is 24.7 Å². The molecule has 0 aliphatic carbocycles. The predicted molar refractivity (Wildman–Crippen MR) is 123 cm³/mol. The molecule has 1 aliphatic heterocycles. The van der Waals surface area contributed by atoms with Crippen molar-refractivity contribution in [1.29, 1.82) is 0 Å². The molecule has 0 spiro atoms. The van der Waals surface area contributed by atoms with Crippen molar-refractivity contribution in [3.05, 3.63) is 65.8 Å². The quantitative estimate of drug-likeness (QED) is 0.519. The number of nitrogens with one attached hydrogen (secondary N) is 1. The van der Waals surface area contributed by atoms with Gasteiger partial charge in [-0.2, -0.15) is 4.98 Å². The van der Waals surface area contributed by atoms with Crippen molar-refractivity contribution in [3.8, 4) is 11.4 Å². The van der Waals surface area contributed by atoms with Crippen LogP contribution >= 0.6 is 0 Å². The van der Waals surface area contributed by atoms with E-state index in [-0.39, 0.29) is 23.8 Å². The Morgan fingerprint density at radius 3 is 2.41 bits per heavy atom. The van der Waals surface area contributed by atoms with E-state index in [9.17, 15) is 17.6 Å². The number of aromatic nitrogens is 2. The summed E-state index contributed by atoms with van der Waals surface area (Å²) in [5, 5.41) is 4.05. The van der Waals surface area contributed by atoms with E-state index in [0.29, 0.717) is 44.4 Å². The van der Waals surface area contributed by atoms with Crippen molar-refractivity contribution in [3.63, 3.8) is 0 Å². The minimum atomic E-state index is -3.79. The average molecular weight is 488 g/mol.